The van der Waals surface area contributed by atoms with Crippen molar-refractivity contribution in [2.24, 2.45) is 5.92 Å². The van der Waals surface area contributed by atoms with Gasteiger partial charge >= 0.3 is 0 Å². The maximum Gasteiger partial charge on any atom is 0.274 e. The Balaban J connectivity index is 1.62. The van der Waals surface area contributed by atoms with Gasteiger partial charge in [0.05, 0.1) is 5.54 Å². The van der Waals surface area contributed by atoms with E-state index in [1.165, 1.54) is 6.07 Å². The molecule has 0 radical (unpaired) electrons. The monoisotopic (exact) mass is 375 g/mol. The van der Waals surface area contributed by atoms with Gasteiger partial charge in [0.1, 0.15) is 5.82 Å². The largest absolute Gasteiger partial charge is 0.336 e. The first-order valence-corrected chi connectivity index (χ1v) is 9.67. The molecule has 1 saturated heterocycles. The average Bonchev–Trinajstić information content (AvgIpc) is 3.22. The fraction of sp³-hybridized carbons (Fsp3) is 0.600. The van der Waals surface area contributed by atoms with E-state index in [9.17, 15) is 14.0 Å². The van der Waals surface area contributed by atoms with E-state index in [2.05, 4.69) is 11.8 Å². The molecule has 7 heteroatoms. The number of amides is 2. The summed E-state index contributed by atoms with van der Waals surface area (Å²) in [5.41, 5.74) is 3.09. The highest BCUT2D eigenvalue weighted by atomic mass is 19.1. The molecule has 1 aliphatic carbocycles. The molecule has 4 rings (SSSR count). The van der Waals surface area contributed by atoms with Crippen LogP contribution in [0.1, 0.15) is 54.6 Å². The van der Waals surface area contributed by atoms with Crippen molar-refractivity contribution >= 4 is 11.8 Å². The number of likely N-dealkylation sites (tertiary alicyclic amines) is 1. The van der Waals surface area contributed by atoms with Crippen LogP contribution in [-0.4, -0.2) is 51.5 Å². The average molecular weight is 375 g/mol. The SMILES string of the molecule is CC[C@@H]1Cc2c(F)cc(C(=O)NO)cc2CN1CC12CC1CCN2C(C)=O. The molecule has 2 heterocycles. The van der Waals surface area contributed by atoms with Crippen LogP contribution in [0.25, 0.3) is 0 Å². The Morgan fingerprint density at radius 3 is 2.81 bits per heavy atom. The van der Waals surface area contributed by atoms with Crippen LogP contribution in [0.2, 0.25) is 0 Å². The fourth-order valence-electron chi connectivity index (χ4n) is 5.24. The topological polar surface area (TPSA) is 72.9 Å². The predicted octanol–water partition coefficient (Wildman–Crippen LogP) is 2.09. The number of hydroxylamine groups is 1. The zero-order valence-corrected chi connectivity index (χ0v) is 15.8. The van der Waals surface area contributed by atoms with Gasteiger partial charge in [0.2, 0.25) is 5.91 Å². The van der Waals surface area contributed by atoms with E-state index < -0.39 is 11.7 Å². The first kappa shape index (κ1) is 18.4. The van der Waals surface area contributed by atoms with Crippen molar-refractivity contribution in [2.45, 2.75) is 57.7 Å². The molecule has 27 heavy (non-hydrogen) atoms. The van der Waals surface area contributed by atoms with Crippen molar-refractivity contribution in [3.05, 3.63) is 34.6 Å². The van der Waals surface area contributed by atoms with Crippen molar-refractivity contribution in [2.75, 3.05) is 13.1 Å². The molecule has 2 N–H and O–H groups in total. The molecule has 146 valence electrons. The van der Waals surface area contributed by atoms with Crippen LogP contribution in [0.3, 0.4) is 0 Å². The number of carbonyl (C=O) groups is 2. The van der Waals surface area contributed by atoms with E-state index in [-0.39, 0.29) is 23.1 Å². The zero-order valence-electron chi connectivity index (χ0n) is 15.8. The van der Waals surface area contributed by atoms with Gasteiger partial charge in [0, 0.05) is 38.2 Å². The number of nitrogens with one attached hydrogen (secondary N) is 1. The normalized spacial score (nSPS) is 29.3. The Bertz CT molecular complexity index is 799. The highest BCUT2D eigenvalue weighted by Gasteiger charge is 2.63. The third-order valence-electron chi connectivity index (χ3n) is 6.75. The lowest BCUT2D eigenvalue weighted by Gasteiger charge is -2.41. The fourth-order valence-corrected chi connectivity index (χ4v) is 5.24. The van der Waals surface area contributed by atoms with Gasteiger partial charge in [0.25, 0.3) is 5.91 Å². The molecule has 0 aromatic heterocycles. The van der Waals surface area contributed by atoms with Crippen molar-refractivity contribution in [3.8, 4) is 0 Å². The number of benzene rings is 1. The van der Waals surface area contributed by atoms with Crippen molar-refractivity contribution in [1.82, 2.24) is 15.3 Å². The Hall–Kier alpha value is -1.99. The molecular formula is C20H26FN3O3. The molecule has 0 bridgehead atoms. The van der Waals surface area contributed by atoms with Gasteiger partial charge in [-0.05, 0) is 54.9 Å². The summed E-state index contributed by atoms with van der Waals surface area (Å²) in [5, 5.41) is 8.86. The zero-order chi connectivity index (χ0) is 19.3. The van der Waals surface area contributed by atoms with Crippen LogP contribution >= 0.6 is 0 Å². The molecule has 1 saturated carbocycles. The van der Waals surface area contributed by atoms with Crippen LogP contribution in [0.15, 0.2) is 12.1 Å². The van der Waals surface area contributed by atoms with E-state index in [0.29, 0.717) is 24.4 Å². The quantitative estimate of drug-likeness (QED) is 0.624. The highest BCUT2D eigenvalue weighted by molar-refractivity contribution is 5.93. The van der Waals surface area contributed by atoms with Gasteiger partial charge in [-0.25, -0.2) is 9.87 Å². The van der Waals surface area contributed by atoms with Crippen LogP contribution < -0.4 is 5.48 Å². The van der Waals surface area contributed by atoms with Gasteiger partial charge in [-0.1, -0.05) is 6.92 Å². The van der Waals surface area contributed by atoms with Crippen LogP contribution in [0.5, 0.6) is 0 Å². The van der Waals surface area contributed by atoms with Gasteiger partial charge in [-0.15, -0.1) is 0 Å². The Kier molecular flexibility index (Phi) is 4.47. The number of fused-ring (bicyclic) bond motifs is 2. The minimum Gasteiger partial charge on any atom is -0.336 e. The van der Waals surface area contributed by atoms with Gasteiger partial charge in [-0.2, -0.15) is 0 Å². The molecule has 2 aliphatic heterocycles. The Labute approximate surface area is 158 Å². The minimum atomic E-state index is -0.708. The molecule has 3 aliphatic rings. The van der Waals surface area contributed by atoms with Gasteiger partial charge in [-0.3, -0.25) is 19.7 Å². The molecule has 3 atom stereocenters. The highest BCUT2D eigenvalue weighted by Crippen LogP contribution is 2.56. The summed E-state index contributed by atoms with van der Waals surface area (Å²) in [6.45, 7) is 5.93. The molecule has 2 fully saturated rings. The number of hydrogen-bond acceptors (Lipinski definition) is 4. The number of piperidine rings is 1. The maximum absolute atomic E-state index is 14.6. The molecule has 2 unspecified atom stereocenters. The predicted molar refractivity (Wildman–Crippen MR) is 96.7 cm³/mol. The number of nitrogens with zero attached hydrogens (tertiary/aromatic N) is 2. The molecule has 1 aromatic rings. The summed E-state index contributed by atoms with van der Waals surface area (Å²) in [7, 11) is 0. The van der Waals surface area contributed by atoms with Gasteiger partial charge in [0.15, 0.2) is 0 Å². The molecule has 6 nitrogen and oxygen atoms in total. The summed E-state index contributed by atoms with van der Waals surface area (Å²) >= 11 is 0. The summed E-state index contributed by atoms with van der Waals surface area (Å²) in [5.74, 6) is -0.393. The number of hydrogen-bond donors (Lipinski definition) is 2. The molecule has 2 amide bonds. The second-order valence-corrected chi connectivity index (χ2v) is 8.17. The first-order valence-electron chi connectivity index (χ1n) is 9.67. The summed E-state index contributed by atoms with van der Waals surface area (Å²) in [6, 6.07) is 3.08. The lowest BCUT2D eigenvalue weighted by molar-refractivity contribution is -0.131. The van der Waals surface area contributed by atoms with E-state index in [1.807, 2.05) is 4.90 Å². The minimum absolute atomic E-state index is 0.0601. The van der Waals surface area contributed by atoms with Crippen molar-refractivity contribution in [3.63, 3.8) is 0 Å². The summed E-state index contributed by atoms with van der Waals surface area (Å²) in [4.78, 5) is 28.2. The van der Waals surface area contributed by atoms with Crippen LogP contribution in [0.4, 0.5) is 4.39 Å². The lowest BCUT2D eigenvalue weighted by atomic mass is 9.90. The second-order valence-electron chi connectivity index (χ2n) is 8.17. The third kappa shape index (κ3) is 2.93. The van der Waals surface area contributed by atoms with Gasteiger partial charge < -0.3 is 4.90 Å². The number of carbonyl (C=O) groups excluding carboxylic acids is 2. The Morgan fingerprint density at radius 2 is 2.19 bits per heavy atom. The van der Waals surface area contributed by atoms with E-state index >= 15 is 0 Å². The van der Waals surface area contributed by atoms with E-state index in [1.54, 1.807) is 18.5 Å². The van der Waals surface area contributed by atoms with E-state index in [4.69, 9.17) is 5.21 Å². The summed E-state index contributed by atoms with van der Waals surface area (Å²) in [6.07, 6.45) is 3.61. The van der Waals surface area contributed by atoms with Crippen LogP contribution in [-0.2, 0) is 17.8 Å². The molecule has 0 spiro atoms. The molecular weight excluding hydrogens is 349 g/mol. The van der Waals surface area contributed by atoms with Crippen molar-refractivity contribution in [1.29, 1.82) is 0 Å². The molecule has 1 aromatic carbocycles. The van der Waals surface area contributed by atoms with Crippen molar-refractivity contribution < 1.29 is 19.2 Å². The maximum atomic E-state index is 14.6. The smallest absolute Gasteiger partial charge is 0.274 e. The third-order valence-corrected chi connectivity index (χ3v) is 6.75. The first-order chi connectivity index (χ1) is 12.9. The van der Waals surface area contributed by atoms with Crippen LogP contribution in [0, 0.1) is 11.7 Å². The summed E-state index contributed by atoms with van der Waals surface area (Å²) < 4.78 is 14.6. The Morgan fingerprint density at radius 1 is 1.41 bits per heavy atom. The van der Waals surface area contributed by atoms with E-state index in [0.717, 1.165) is 37.9 Å². The second kappa shape index (κ2) is 6.56. The lowest BCUT2D eigenvalue weighted by Crippen LogP contribution is -2.51. The number of halogens is 1. The standard InChI is InChI=1S/C20H26FN3O3/c1-3-16-8-17-14(6-13(7-18(17)21)19(26)22-27)10-23(16)11-20-9-15(20)4-5-24(20)12(2)25/h6-7,15-16,27H,3-5,8-11H2,1-2H3,(H,22,26)/t15?,16-,20?/m1/s1. The number of rotatable bonds is 4.